The van der Waals surface area contributed by atoms with Crippen LogP contribution in [0.25, 0.3) is 0 Å². The van der Waals surface area contributed by atoms with Gasteiger partial charge in [0.15, 0.2) is 0 Å². The summed E-state index contributed by atoms with van der Waals surface area (Å²) in [5, 5.41) is 3.61. The molecule has 0 spiro atoms. The Morgan fingerprint density at radius 2 is 2.26 bits per heavy atom. The van der Waals surface area contributed by atoms with Crippen LogP contribution in [-0.4, -0.2) is 41.7 Å². The zero-order valence-electron chi connectivity index (χ0n) is 11.7. The van der Waals surface area contributed by atoms with Crippen molar-refractivity contribution in [2.75, 3.05) is 24.5 Å². The molecular weight excluding hydrogens is 240 g/mol. The third-order valence-electron chi connectivity index (χ3n) is 3.91. The van der Waals surface area contributed by atoms with E-state index in [1.165, 1.54) is 12.8 Å². The Bertz CT molecular complexity index is 423. The second-order valence-electron chi connectivity index (χ2n) is 5.75. The lowest BCUT2D eigenvalue weighted by molar-refractivity contribution is 0.232. The molecule has 1 aromatic heterocycles. The van der Waals surface area contributed by atoms with E-state index in [4.69, 9.17) is 4.74 Å². The van der Waals surface area contributed by atoms with Crippen molar-refractivity contribution >= 4 is 5.82 Å². The molecule has 5 heteroatoms. The predicted octanol–water partition coefficient (Wildman–Crippen LogP) is 1.45. The van der Waals surface area contributed by atoms with Crippen LogP contribution in [0.2, 0.25) is 0 Å². The smallest absolute Gasteiger partial charge is 0.218 e. The summed E-state index contributed by atoms with van der Waals surface area (Å²) < 4.78 is 5.64. The zero-order valence-corrected chi connectivity index (χ0v) is 11.7. The summed E-state index contributed by atoms with van der Waals surface area (Å²) in [7, 11) is 0. The Morgan fingerprint density at radius 3 is 3.05 bits per heavy atom. The van der Waals surface area contributed by atoms with E-state index in [-0.39, 0.29) is 6.10 Å². The van der Waals surface area contributed by atoms with Gasteiger partial charge in [0.25, 0.3) is 0 Å². The van der Waals surface area contributed by atoms with Crippen molar-refractivity contribution in [3.63, 3.8) is 0 Å². The van der Waals surface area contributed by atoms with Gasteiger partial charge in [-0.1, -0.05) is 0 Å². The maximum atomic E-state index is 5.64. The van der Waals surface area contributed by atoms with Crippen LogP contribution in [0.5, 0.6) is 5.88 Å². The number of piperidine rings is 1. The Balaban J connectivity index is 1.72. The molecule has 0 saturated carbocycles. The van der Waals surface area contributed by atoms with Gasteiger partial charge >= 0.3 is 0 Å². The molecule has 19 heavy (non-hydrogen) atoms. The van der Waals surface area contributed by atoms with Crippen molar-refractivity contribution in [3.8, 4) is 5.88 Å². The van der Waals surface area contributed by atoms with Crippen LogP contribution < -0.4 is 15.0 Å². The maximum Gasteiger partial charge on any atom is 0.218 e. The zero-order chi connectivity index (χ0) is 13.2. The molecule has 0 aliphatic carbocycles. The summed E-state index contributed by atoms with van der Waals surface area (Å²) in [5.41, 5.74) is 0. The molecule has 3 rings (SSSR count). The number of nitrogens with one attached hydrogen (secondary N) is 1. The van der Waals surface area contributed by atoms with Crippen LogP contribution in [0.1, 0.15) is 26.7 Å². The summed E-state index contributed by atoms with van der Waals surface area (Å²) in [6.07, 6.45) is 4.36. The van der Waals surface area contributed by atoms with Gasteiger partial charge in [0, 0.05) is 25.2 Å². The summed E-state index contributed by atoms with van der Waals surface area (Å²) in [6, 6.07) is 2.58. The highest BCUT2D eigenvalue weighted by atomic mass is 16.5. The average Bonchev–Trinajstić information content (AvgIpc) is 2.82. The topological polar surface area (TPSA) is 50.3 Å². The summed E-state index contributed by atoms with van der Waals surface area (Å²) in [6.45, 7) is 7.31. The molecule has 2 aliphatic heterocycles. The molecule has 0 bridgehead atoms. The van der Waals surface area contributed by atoms with Crippen LogP contribution in [-0.2, 0) is 0 Å². The maximum absolute atomic E-state index is 5.64. The van der Waals surface area contributed by atoms with Gasteiger partial charge in [-0.2, -0.15) is 0 Å². The van der Waals surface area contributed by atoms with Crippen molar-refractivity contribution < 1.29 is 4.74 Å². The first-order chi connectivity index (χ1) is 9.22. The van der Waals surface area contributed by atoms with E-state index in [0.717, 1.165) is 31.4 Å². The molecule has 2 saturated heterocycles. The van der Waals surface area contributed by atoms with Crippen LogP contribution >= 0.6 is 0 Å². The van der Waals surface area contributed by atoms with E-state index in [1.54, 1.807) is 6.33 Å². The van der Waals surface area contributed by atoms with Gasteiger partial charge in [0.05, 0.1) is 6.10 Å². The fourth-order valence-corrected chi connectivity index (χ4v) is 3.04. The summed E-state index contributed by atoms with van der Waals surface area (Å²) in [4.78, 5) is 10.9. The number of aromatic nitrogens is 2. The molecule has 0 radical (unpaired) electrons. The highest BCUT2D eigenvalue weighted by Crippen LogP contribution is 2.28. The van der Waals surface area contributed by atoms with Gasteiger partial charge in [-0.15, -0.1) is 0 Å². The largest absolute Gasteiger partial charge is 0.475 e. The van der Waals surface area contributed by atoms with Crippen LogP contribution in [0.4, 0.5) is 5.82 Å². The van der Waals surface area contributed by atoms with E-state index in [9.17, 15) is 0 Å². The minimum absolute atomic E-state index is 0.144. The molecule has 0 aromatic carbocycles. The molecule has 0 amide bonds. The summed E-state index contributed by atoms with van der Waals surface area (Å²) in [5.74, 6) is 2.42. The normalized spacial score (nSPS) is 26.6. The number of ether oxygens (including phenoxy) is 1. The van der Waals surface area contributed by atoms with Gasteiger partial charge in [0.1, 0.15) is 12.1 Å². The summed E-state index contributed by atoms with van der Waals surface area (Å²) >= 11 is 0. The van der Waals surface area contributed by atoms with Gasteiger partial charge in [-0.05, 0) is 39.2 Å². The van der Waals surface area contributed by atoms with Crippen molar-refractivity contribution in [3.05, 3.63) is 12.4 Å². The molecule has 1 aromatic rings. The van der Waals surface area contributed by atoms with Crippen molar-refractivity contribution in [1.29, 1.82) is 0 Å². The lowest BCUT2D eigenvalue weighted by Gasteiger charge is -2.24. The third-order valence-corrected chi connectivity index (χ3v) is 3.91. The standard InChI is InChI=1S/C14H22N4O/c1-10(2)19-14-6-13(16-9-17-14)18-7-11-4-3-5-15-12(11)8-18/h6,9-12,15H,3-5,7-8H2,1-2H3. The highest BCUT2D eigenvalue weighted by molar-refractivity contribution is 5.42. The lowest BCUT2D eigenvalue weighted by atomic mass is 9.94. The lowest BCUT2D eigenvalue weighted by Crippen LogP contribution is -2.40. The SMILES string of the molecule is CC(C)Oc1cc(N2CC3CCCNC3C2)ncn1. The minimum atomic E-state index is 0.144. The van der Waals surface area contributed by atoms with E-state index >= 15 is 0 Å². The predicted molar refractivity (Wildman–Crippen MR) is 74.5 cm³/mol. The Hall–Kier alpha value is -1.36. The van der Waals surface area contributed by atoms with E-state index in [0.29, 0.717) is 11.9 Å². The molecular formula is C14H22N4O. The van der Waals surface area contributed by atoms with Crippen LogP contribution in [0.15, 0.2) is 12.4 Å². The number of rotatable bonds is 3. The van der Waals surface area contributed by atoms with Crippen molar-refractivity contribution in [2.45, 2.75) is 38.8 Å². The van der Waals surface area contributed by atoms with Gasteiger partial charge in [-0.3, -0.25) is 0 Å². The monoisotopic (exact) mass is 262 g/mol. The minimum Gasteiger partial charge on any atom is -0.475 e. The molecule has 2 aliphatic rings. The van der Waals surface area contributed by atoms with Gasteiger partial charge in [0.2, 0.25) is 5.88 Å². The fourth-order valence-electron chi connectivity index (χ4n) is 3.04. The van der Waals surface area contributed by atoms with Crippen molar-refractivity contribution in [1.82, 2.24) is 15.3 Å². The third kappa shape index (κ3) is 2.81. The Labute approximate surface area is 114 Å². The van der Waals surface area contributed by atoms with Crippen molar-refractivity contribution in [2.24, 2.45) is 5.92 Å². The molecule has 104 valence electrons. The van der Waals surface area contributed by atoms with Gasteiger partial charge < -0.3 is 15.0 Å². The quantitative estimate of drug-likeness (QED) is 0.893. The molecule has 2 fully saturated rings. The molecule has 5 nitrogen and oxygen atoms in total. The Morgan fingerprint density at radius 1 is 1.37 bits per heavy atom. The van der Waals surface area contributed by atoms with Crippen LogP contribution in [0, 0.1) is 5.92 Å². The number of fused-ring (bicyclic) bond motifs is 1. The highest BCUT2D eigenvalue weighted by Gasteiger charge is 2.34. The van der Waals surface area contributed by atoms with Crippen LogP contribution in [0.3, 0.4) is 0 Å². The average molecular weight is 262 g/mol. The van der Waals surface area contributed by atoms with E-state index < -0.39 is 0 Å². The van der Waals surface area contributed by atoms with E-state index in [2.05, 4.69) is 20.2 Å². The molecule has 3 heterocycles. The van der Waals surface area contributed by atoms with E-state index in [1.807, 2.05) is 19.9 Å². The molecule has 2 unspecified atom stereocenters. The first-order valence-electron chi connectivity index (χ1n) is 7.19. The van der Waals surface area contributed by atoms with Gasteiger partial charge in [-0.25, -0.2) is 9.97 Å². The molecule has 1 N–H and O–H groups in total. The first kappa shape index (κ1) is 12.7. The Kier molecular flexibility index (Phi) is 3.55. The number of anilines is 1. The number of hydrogen-bond acceptors (Lipinski definition) is 5. The first-order valence-corrected chi connectivity index (χ1v) is 7.19. The number of hydrogen-bond donors (Lipinski definition) is 1. The second kappa shape index (κ2) is 5.33. The number of nitrogens with zero attached hydrogens (tertiary/aromatic N) is 3. The second-order valence-corrected chi connectivity index (χ2v) is 5.75. The molecule has 2 atom stereocenters. The fraction of sp³-hybridized carbons (Fsp3) is 0.714.